The van der Waals surface area contributed by atoms with Crippen LogP contribution in [-0.2, 0) is 9.59 Å². The molecular weight excluding hydrogens is 222 g/mol. The fourth-order valence-corrected chi connectivity index (χ4v) is 1.49. The first-order valence-electron chi connectivity index (χ1n) is 5.00. The Morgan fingerprint density at radius 2 is 1.82 bits per heavy atom. The number of anilines is 1. The summed E-state index contributed by atoms with van der Waals surface area (Å²) in [5, 5.41) is 0. The molecule has 0 bridgehead atoms. The highest BCUT2D eigenvalue weighted by Crippen LogP contribution is 2.34. The van der Waals surface area contributed by atoms with Crippen LogP contribution in [0, 0.1) is 6.92 Å². The molecule has 17 heavy (non-hydrogen) atoms. The maximum absolute atomic E-state index is 11.3. The minimum absolute atomic E-state index is 0.256. The van der Waals surface area contributed by atoms with Crippen molar-refractivity contribution >= 4 is 17.9 Å². The lowest BCUT2D eigenvalue weighted by Gasteiger charge is -2.19. The molecule has 0 spiro atoms. The van der Waals surface area contributed by atoms with E-state index >= 15 is 0 Å². The molecule has 0 saturated carbocycles. The van der Waals surface area contributed by atoms with Crippen LogP contribution in [-0.4, -0.2) is 33.5 Å². The molecule has 0 heterocycles. The number of amides is 1. The van der Waals surface area contributed by atoms with Crippen LogP contribution >= 0.6 is 0 Å². The second kappa shape index (κ2) is 5.34. The molecule has 0 saturated heterocycles. The first kappa shape index (κ1) is 13.0. The first-order chi connectivity index (χ1) is 8.04. The van der Waals surface area contributed by atoms with Gasteiger partial charge in [0.1, 0.15) is 11.5 Å². The summed E-state index contributed by atoms with van der Waals surface area (Å²) in [7, 11) is 4.55. The maximum Gasteiger partial charge on any atom is 0.290 e. The molecule has 0 radical (unpaired) electrons. The van der Waals surface area contributed by atoms with Crippen LogP contribution in [0.2, 0.25) is 0 Å². The Labute approximate surface area is 99.9 Å². The summed E-state index contributed by atoms with van der Waals surface area (Å²) >= 11 is 0. The van der Waals surface area contributed by atoms with E-state index in [1.807, 2.05) is 6.92 Å². The third-order valence-electron chi connectivity index (χ3n) is 2.49. The lowest BCUT2D eigenvalue weighted by Crippen LogP contribution is -2.27. The van der Waals surface area contributed by atoms with Gasteiger partial charge in [0, 0.05) is 13.1 Å². The predicted octanol–water partition coefficient (Wildman–Crippen LogP) is 1.17. The van der Waals surface area contributed by atoms with Gasteiger partial charge >= 0.3 is 0 Å². The van der Waals surface area contributed by atoms with Gasteiger partial charge in [-0.15, -0.1) is 0 Å². The van der Waals surface area contributed by atoms with Crippen molar-refractivity contribution in [1.82, 2.24) is 0 Å². The third-order valence-corrected chi connectivity index (χ3v) is 2.49. The normalized spacial score (nSPS) is 9.65. The van der Waals surface area contributed by atoms with E-state index in [4.69, 9.17) is 9.47 Å². The molecule has 1 aromatic carbocycles. The van der Waals surface area contributed by atoms with Crippen LogP contribution < -0.4 is 14.4 Å². The van der Waals surface area contributed by atoms with Gasteiger partial charge in [0.05, 0.1) is 19.9 Å². The molecule has 5 heteroatoms. The number of benzene rings is 1. The molecule has 0 aliphatic heterocycles. The number of likely N-dealkylation sites (N-methyl/N-ethyl adjacent to an activating group) is 1. The Hall–Kier alpha value is -2.04. The van der Waals surface area contributed by atoms with Crippen LogP contribution in [0.25, 0.3) is 0 Å². The van der Waals surface area contributed by atoms with Crippen molar-refractivity contribution in [3.63, 3.8) is 0 Å². The molecular formula is C12H15NO4. The highest BCUT2D eigenvalue weighted by atomic mass is 16.5. The minimum atomic E-state index is -0.644. The average Bonchev–Trinajstić information content (AvgIpc) is 2.36. The minimum Gasteiger partial charge on any atom is -0.496 e. The van der Waals surface area contributed by atoms with Crippen molar-refractivity contribution in [2.75, 3.05) is 26.2 Å². The number of hydrogen-bond donors (Lipinski definition) is 0. The summed E-state index contributed by atoms with van der Waals surface area (Å²) in [6.45, 7) is 1.87. The van der Waals surface area contributed by atoms with Crippen molar-refractivity contribution in [2.24, 2.45) is 0 Å². The molecule has 1 aromatic rings. The quantitative estimate of drug-likeness (QED) is 0.582. The topological polar surface area (TPSA) is 55.8 Å². The Morgan fingerprint density at radius 1 is 1.24 bits per heavy atom. The molecule has 1 amide bonds. The summed E-state index contributed by atoms with van der Waals surface area (Å²) < 4.78 is 10.3. The van der Waals surface area contributed by atoms with Crippen molar-refractivity contribution in [3.05, 3.63) is 17.7 Å². The fraction of sp³-hybridized carbons (Fsp3) is 0.333. The number of rotatable bonds is 4. The van der Waals surface area contributed by atoms with Crippen molar-refractivity contribution in [3.8, 4) is 11.5 Å². The SMILES string of the molecule is COc1cc(N(C)C(=O)C=O)c(OC)cc1C. The van der Waals surface area contributed by atoms with Gasteiger partial charge in [0.15, 0.2) is 0 Å². The number of carbonyl (C=O) groups excluding carboxylic acids is 2. The van der Waals surface area contributed by atoms with Crippen LogP contribution in [0.3, 0.4) is 0 Å². The molecule has 0 aromatic heterocycles. The Morgan fingerprint density at radius 3 is 2.29 bits per heavy atom. The van der Waals surface area contributed by atoms with Gasteiger partial charge in [-0.2, -0.15) is 0 Å². The standard InChI is InChI=1S/C12H15NO4/c1-8-5-11(17-4)9(6-10(8)16-3)13(2)12(15)7-14/h5-7H,1-4H3. The lowest BCUT2D eigenvalue weighted by atomic mass is 10.1. The highest BCUT2D eigenvalue weighted by molar-refractivity contribution is 6.30. The molecule has 0 aliphatic rings. The molecule has 1 rings (SSSR count). The first-order valence-corrected chi connectivity index (χ1v) is 5.00. The summed E-state index contributed by atoms with van der Waals surface area (Å²) in [5.74, 6) is 0.501. The third kappa shape index (κ3) is 2.55. The number of aryl methyl sites for hydroxylation is 1. The number of methoxy groups -OCH3 is 2. The molecule has 5 nitrogen and oxygen atoms in total. The van der Waals surface area contributed by atoms with E-state index in [-0.39, 0.29) is 6.29 Å². The van der Waals surface area contributed by atoms with E-state index in [2.05, 4.69) is 0 Å². The van der Waals surface area contributed by atoms with E-state index in [1.54, 1.807) is 19.2 Å². The fourth-order valence-electron chi connectivity index (χ4n) is 1.49. The Balaban J connectivity index is 3.29. The van der Waals surface area contributed by atoms with E-state index in [1.165, 1.54) is 19.1 Å². The largest absolute Gasteiger partial charge is 0.496 e. The molecule has 92 valence electrons. The molecule has 0 N–H and O–H groups in total. The van der Waals surface area contributed by atoms with Gasteiger partial charge in [-0.1, -0.05) is 0 Å². The van der Waals surface area contributed by atoms with Crippen molar-refractivity contribution in [2.45, 2.75) is 6.92 Å². The molecule has 0 unspecified atom stereocenters. The second-order valence-corrected chi connectivity index (χ2v) is 3.51. The summed E-state index contributed by atoms with van der Waals surface area (Å²) in [5.41, 5.74) is 1.38. The molecule has 0 fully saturated rings. The Kier molecular flexibility index (Phi) is 4.09. The number of hydrogen-bond acceptors (Lipinski definition) is 4. The van der Waals surface area contributed by atoms with Gasteiger partial charge in [0.2, 0.25) is 6.29 Å². The highest BCUT2D eigenvalue weighted by Gasteiger charge is 2.16. The van der Waals surface area contributed by atoms with Crippen LogP contribution in [0.1, 0.15) is 5.56 Å². The molecule has 0 aliphatic carbocycles. The van der Waals surface area contributed by atoms with E-state index in [9.17, 15) is 9.59 Å². The van der Waals surface area contributed by atoms with Gasteiger partial charge in [0.25, 0.3) is 5.91 Å². The smallest absolute Gasteiger partial charge is 0.290 e. The average molecular weight is 237 g/mol. The monoisotopic (exact) mass is 237 g/mol. The maximum atomic E-state index is 11.3. The second-order valence-electron chi connectivity index (χ2n) is 3.51. The molecule has 0 atom stereocenters. The predicted molar refractivity (Wildman–Crippen MR) is 63.8 cm³/mol. The van der Waals surface area contributed by atoms with Crippen molar-refractivity contribution < 1.29 is 19.1 Å². The summed E-state index contributed by atoms with van der Waals surface area (Å²) in [6, 6.07) is 3.41. The van der Waals surface area contributed by atoms with E-state index in [0.29, 0.717) is 17.2 Å². The van der Waals surface area contributed by atoms with Gasteiger partial charge in [-0.25, -0.2) is 0 Å². The van der Waals surface area contributed by atoms with E-state index in [0.717, 1.165) is 5.56 Å². The summed E-state index contributed by atoms with van der Waals surface area (Å²) in [4.78, 5) is 23.0. The number of aldehydes is 1. The van der Waals surface area contributed by atoms with Gasteiger partial charge in [-0.3, -0.25) is 9.59 Å². The van der Waals surface area contributed by atoms with Gasteiger partial charge < -0.3 is 14.4 Å². The zero-order valence-electron chi connectivity index (χ0n) is 10.3. The number of ether oxygens (including phenoxy) is 2. The lowest BCUT2D eigenvalue weighted by molar-refractivity contribution is -0.129. The van der Waals surface area contributed by atoms with Gasteiger partial charge in [-0.05, 0) is 18.6 Å². The van der Waals surface area contributed by atoms with Crippen LogP contribution in [0.15, 0.2) is 12.1 Å². The van der Waals surface area contributed by atoms with Crippen LogP contribution in [0.4, 0.5) is 5.69 Å². The number of nitrogens with zero attached hydrogens (tertiary/aromatic N) is 1. The zero-order valence-corrected chi connectivity index (χ0v) is 10.3. The summed E-state index contributed by atoms with van der Waals surface area (Å²) in [6.07, 6.45) is 0.256. The number of carbonyl (C=O) groups is 2. The van der Waals surface area contributed by atoms with E-state index < -0.39 is 5.91 Å². The Bertz CT molecular complexity index is 442. The van der Waals surface area contributed by atoms with Crippen molar-refractivity contribution in [1.29, 1.82) is 0 Å². The zero-order chi connectivity index (χ0) is 13.0. The van der Waals surface area contributed by atoms with Crippen LogP contribution in [0.5, 0.6) is 11.5 Å².